The van der Waals surface area contributed by atoms with E-state index in [2.05, 4.69) is 5.32 Å². The van der Waals surface area contributed by atoms with E-state index in [1.165, 1.54) is 64.5 Å². The molecule has 1 nitrogen and oxygen atoms in total. The second-order valence-electron chi connectivity index (χ2n) is 8.36. The van der Waals surface area contributed by atoms with Crippen LogP contribution in [0.1, 0.15) is 77.0 Å². The van der Waals surface area contributed by atoms with E-state index in [1.54, 1.807) is 25.7 Å². The zero-order chi connectivity index (χ0) is 13.4. The molecule has 20 heavy (non-hydrogen) atoms. The maximum absolute atomic E-state index is 3.68. The highest BCUT2D eigenvalue weighted by molar-refractivity contribution is 5.11. The van der Waals surface area contributed by atoms with E-state index >= 15 is 0 Å². The van der Waals surface area contributed by atoms with Crippen molar-refractivity contribution in [1.29, 1.82) is 0 Å². The molecular weight excluding hydrogens is 242 g/mol. The van der Waals surface area contributed by atoms with Crippen LogP contribution in [0.15, 0.2) is 0 Å². The summed E-state index contributed by atoms with van der Waals surface area (Å²) >= 11 is 0. The summed E-state index contributed by atoms with van der Waals surface area (Å²) in [6.07, 6.45) is 18.5. The van der Waals surface area contributed by atoms with Gasteiger partial charge in [0.1, 0.15) is 0 Å². The average molecular weight is 275 g/mol. The van der Waals surface area contributed by atoms with Crippen molar-refractivity contribution in [3.63, 3.8) is 0 Å². The Hall–Kier alpha value is -0.0400. The predicted octanol–water partition coefficient (Wildman–Crippen LogP) is 4.76. The molecule has 1 aliphatic heterocycles. The van der Waals surface area contributed by atoms with Gasteiger partial charge in [0, 0.05) is 18.5 Å². The molecule has 0 aromatic heterocycles. The number of nitrogens with one attached hydrogen (secondary N) is 1. The summed E-state index contributed by atoms with van der Waals surface area (Å²) < 4.78 is 0. The van der Waals surface area contributed by atoms with Crippen molar-refractivity contribution >= 4 is 0 Å². The zero-order valence-electron chi connectivity index (χ0n) is 13.2. The van der Waals surface area contributed by atoms with Crippen LogP contribution >= 0.6 is 0 Å². The third kappa shape index (κ3) is 2.07. The van der Waals surface area contributed by atoms with Crippen molar-refractivity contribution < 1.29 is 0 Å². The molecule has 0 radical (unpaired) electrons. The van der Waals surface area contributed by atoms with Gasteiger partial charge in [0.2, 0.25) is 0 Å². The van der Waals surface area contributed by atoms with Gasteiger partial charge in [-0.2, -0.15) is 0 Å². The number of hydrogen-bond donors (Lipinski definition) is 1. The van der Waals surface area contributed by atoms with Gasteiger partial charge in [-0.1, -0.05) is 51.4 Å². The molecule has 0 bridgehead atoms. The van der Waals surface area contributed by atoms with Gasteiger partial charge in [0.05, 0.1) is 0 Å². The average Bonchev–Trinajstić information content (AvgIpc) is 2.57. The Labute approximate surface area is 125 Å². The molecule has 0 aromatic carbocycles. The van der Waals surface area contributed by atoms with Crippen molar-refractivity contribution in [3.05, 3.63) is 0 Å². The second-order valence-corrected chi connectivity index (χ2v) is 8.36. The van der Waals surface area contributed by atoms with Gasteiger partial charge < -0.3 is 5.32 Å². The molecule has 114 valence electrons. The predicted molar refractivity (Wildman–Crippen MR) is 84.7 cm³/mol. The van der Waals surface area contributed by atoms with Crippen LogP contribution < -0.4 is 5.32 Å². The minimum atomic E-state index is 0.754. The van der Waals surface area contributed by atoms with Gasteiger partial charge in [-0.15, -0.1) is 0 Å². The SMILES string of the molecule is C1CCCC2C(CC1)C1CCCCCCC1C21CNC1. The molecule has 3 saturated carbocycles. The quantitative estimate of drug-likeness (QED) is 0.672. The van der Waals surface area contributed by atoms with Crippen LogP contribution in [-0.2, 0) is 0 Å². The Morgan fingerprint density at radius 3 is 1.40 bits per heavy atom. The number of rotatable bonds is 0. The first kappa shape index (κ1) is 13.6. The molecule has 1 heteroatoms. The van der Waals surface area contributed by atoms with Gasteiger partial charge >= 0.3 is 0 Å². The molecule has 0 amide bonds. The van der Waals surface area contributed by atoms with Gasteiger partial charge in [-0.3, -0.25) is 0 Å². The Kier molecular flexibility index (Phi) is 3.83. The van der Waals surface area contributed by atoms with E-state index in [0.717, 1.165) is 29.1 Å². The van der Waals surface area contributed by atoms with Crippen molar-refractivity contribution in [3.8, 4) is 0 Å². The van der Waals surface area contributed by atoms with Crippen molar-refractivity contribution in [2.45, 2.75) is 77.0 Å². The standard InChI is InChI=1S/C19H33N/c1-3-7-11-17-15(9-5-1)16-10-6-2-4-8-12-18(16)19(17)13-20-14-19/h15-18,20H,1-14H2. The molecule has 1 heterocycles. The van der Waals surface area contributed by atoms with Crippen LogP contribution in [0.25, 0.3) is 0 Å². The summed E-state index contributed by atoms with van der Waals surface area (Å²) in [6.45, 7) is 2.74. The summed E-state index contributed by atoms with van der Waals surface area (Å²) in [5.41, 5.74) is 0.754. The fourth-order valence-corrected chi connectivity index (χ4v) is 6.69. The topological polar surface area (TPSA) is 12.0 Å². The molecule has 4 rings (SSSR count). The molecule has 0 aromatic rings. The monoisotopic (exact) mass is 275 g/mol. The molecule has 4 unspecified atom stereocenters. The fourth-order valence-electron chi connectivity index (χ4n) is 6.69. The highest BCUT2D eigenvalue weighted by Crippen LogP contribution is 2.62. The lowest BCUT2D eigenvalue weighted by Gasteiger charge is -2.50. The molecule has 1 spiro atoms. The van der Waals surface area contributed by atoms with Crippen LogP contribution in [-0.4, -0.2) is 13.1 Å². The molecular formula is C19H33N. The highest BCUT2D eigenvalue weighted by atomic mass is 15.0. The summed E-state index contributed by atoms with van der Waals surface area (Å²) in [7, 11) is 0. The summed E-state index contributed by atoms with van der Waals surface area (Å²) in [6, 6.07) is 0. The molecule has 4 atom stereocenters. The smallest absolute Gasteiger partial charge is 0.00258 e. The highest BCUT2D eigenvalue weighted by Gasteiger charge is 2.60. The van der Waals surface area contributed by atoms with Crippen molar-refractivity contribution in [2.75, 3.05) is 13.1 Å². The number of hydrogen-bond acceptors (Lipinski definition) is 1. The normalized spacial score (nSPS) is 44.4. The Morgan fingerprint density at radius 2 is 1.00 bits per heavy atom. The first-order chi connectivity index (χ1) is 9.92. The molecule has 4 fully saturated rings. The molecule has 1 saturated heterocycles. The van der Waals surface area contributed by atoms with Crippen LogP contribution in [0.4, 0.5) is 0 Å². The van der Waals surface area contributed by atoms with E-state index in [0.29, 0.717) is 0 Å². The van der Waals surface area contributed by atoms with E-state index in [4.69, 9.17) is 0 Å². The van der Waals surface area contributed by atoms with Gasteiger partial charge in [-0.05, 0) is 49.4 Å². The van der Waals surface area contributed by atoms with Crippen molar-refractivity contribution in [2.24, 2.45) is 29.1 Å². The van der Waals surface area contributed by atoms with E-state index in [1.807, 2.05) is 0 Å². The fraction of sp³-hybridized carbons (Fsp3) is 1.00. The van der Waals surface area contributed by atoms with E-state index in [-0.39, 0.29) is 0 Å². The van der Waals surface area contributed by atoms with Gasteiger partial charge in [-0.25, -0.2) is 0 Å². The lowest BCUT2D eigenvalue weighted by atomic mass is 9.63. The summed E-state index contributed by atoms with van der Waals surface area (Å²) in [5.74, 6) is 4.41. The Morgan fingerprint density at radius 1 is 0.550 bits per heavy atom. The molecule has 3 aliphatic carbocycles. The summed E-state index contributed by atoms with van der Waals surface area (Å²) in [4.78, 5) is 0. The largest absolute Gasteiger partial charge is 0.315 e. The lowest BCUT2D eigenvalue weighted by Crippen LogP contribution is -2.59. The zero-order valence-corrected chi connectivity index (χ0v) is 13.2. The lowest BCUT2D eigenvalue weighted by molar-refractivity contribution is 0.0272. The van der Waals surface area contributed by atoms with E-state index < -0.39 is 0 Å². The van der Waals surface area contributed by atoms with Gasteiger partial charge in [0.15, 0.2) is 0 Å². The van der Waals surface area contributed by atoms with Crippen LogP contribution in [0.2, 0.25) is 0 Å². The first-order valence-corrected chi connectivity index (χ1v) is 9.62. The summed E-state index contributed by atoms with van der Waals surface area (Å²) in [5, 5.41) is 3.68. The molecule has 4 aliphatic rings. The van der Waals surface area contributed by atoms with Crippen molar-refractivity contribution in [1.82, 2.24) is 5.32 Å². The minimum Gasteiger partial charge on any atom is -0.315 e. The van der Waals surface area contributed by atoms with Crippen LogP contribution in [0, 0.1) is 29.1 Å². The second kappa shape index (κ2) is 5.63. The Balaban J connectivity index is 1.63. The Bertz CT molecular complexity index is 305. The minimum absolute atomic E-state index is 0.754. The first-order valence-electron chi connectivity index (χ1n) is 9.62. The molecule has 1 N–H and O–H groups in total. The maximum Gasteiger partial charge on any atom is 0.00258 e. The van der Waals surface area contributed by atoms with Gasteiger partial charge in [0.25, 0.3) is 0 Å². The maximum atomic E-state index is 3.68. The number of fused-ring (bicyclic) bond motifs is 5. The van der Waals surface area contributed by atoms with Crippen LogP contribution in [0.5, 0.6) is 0 Å². The third-order valence-corrected chi connectivity index (χ3v) is 7.57. The van der Waals surface area contributed by atoms with Crippen LogP contribution in [0.3, 0.4) is 0 Å². The van der Waals surface area contributed by atoms with E-state index in [9.17, 15) is 0 Å². The third-order valence-electron chi connectivity index (χ3n) is 7.57.